The summed E-state index contributed by atoms with van der Waals surface area (Å²) in [5, 5.41) is 3.31. The molecule has 2 heterocycles. The molecule has 0 saturated heterocycles. The van der Waals surface area contributed by atoms with Crippen molar-refractivity contribution in [3.05, 3.63) is 23.5 Å². The van der Waals surface area contributed by atoms with Gasteiger partial charge in [-0.25, -0.2) is 9.97 Å². The molecule has 0 atom stereocenters. The zero-order valence-corrected chi connectivity index (χ0v) is 10.3. The summed E-state index contributed by atoms with van der Waals surface area (Å²) < 4.78 is 0. The molecular weight excluding hydrogens is 204 g/mol. The lowest BCUT2D eigenvalue weighted by Gasteiger charge is -2.23. The van der Waals surface area contributed by atoms with E-state index in [4.69, 9.17) is 0 Å². The van der Waals surface area contributed by atoms with Crippen LogP contribution in [0, 0.1) is 0 Å². The standard InChI is InChI=1S/C12H16N2S/c1-4-6-12(2,3)10-9-5-7-15-11(9)14-8-13-10/h5,7-8H,4,6H2,1-3H3. The van der Waals surface area contributed by atoms with Gasteiger partial charge in [0.1, 0.15) is 11.2 Å². The van der Waals surface area contributed by atoms with Crippen LogP contribution in [0.2, 0.25) is 0 Å². The third-order valence-electron chi connectivity index (χ3n) is 2.78. The highest BCUT2D eigenvalue weighted by molar-refractivity contribution is 7.16. The molecule has 0 saturated carbocycles. The Hall–Kier alpha value is -0.960. The fraction of sp³-hybridized carbons (Fsp3) is 0.500. The van der Waals surface area contributed by atoms with Gasteiger partial charge in [0.05, 0.1) is 5.69 Å². The largest absolute Gasteiger partial charge is 0.240 e. The quantitative estimate of drug-likeness (QED) is 0.787. The first-order chi connectivity index (χ1) is 7.15. The number of nitrogens with zero attached hydrogens (tertiary/aromatic N) is 2. The minimum atomic E-state index is 0.150. The van der Waals surface area contributed by atoms with Crippen molar-refractivity contribution in [1.82, 2.24) is 9.97 Å². The van der Waals surface area contributed by atoms with Crippen LogP contribution in [0.25, 0.3) is 10.2 Å². The summed E-state index contributed by atoms with van der Waals surface area (Å²) in [5.41, 5.74) is 1.34. The zero-order valence-electron chi connectivity index (χ0n) is 9.45. The van der Waals surface area contributed by atoms with Gasteiger partial charge in [-0.1, -0.05) is 27.2 Å². The average molecular weight is 220 g/mol. The molecule has 3 heteroatoms. The van der Waals surface area contributed by atoms with E-state index in [1.165, 1.54) is 17.5 Å². The van der Waals surface area contributed by atoms with Crippen molar-refractivity contribution in [3.8, 4) is 0 Å². The number of fused-ring (bicyclic) bond motifs is 1. The first-order valence-corrected chi connectivity index (χ1v) is 6.22. The maximum absolute atomic E-state index is 4.46. The molecule has 80 valence electrons. The summed E-state index contributed by atoms with van der Waals surface area (Å²) in [6.45, 7) is 6.74. The van der Waals surface area contributed by atoms with Crippen molar-refractivity contribution in [2.24, 2.45) is 0 Å². The lowest BCUT2D eigenvalue weighted by Crippen LogP contribution is -2.18. The van der Waals surface area contributed by atoms with E-state index in [2.05, 4.69) is 42.2 Å². The predicted octanol–water partition coefficient (Wildman–Crippen LogP) is 3.77. The van der Waals surface area contributed by atoms with E-state index in [1.807, 2.05) is 0 Å². The summed E-state index contributed by atoms with van der Waals surface area (Å²) >= 11 is 1.68. The second kappa shape index (κ2) is 3.89. The van der Waals surface area contributed by atoms with E-state index >= 15 is 0 Å². The van der Waals surface area contributed by atoms with E-state index in [1.54, 1.807) is 17.7 Å². The molecule has 0 N–H and O–H groups in total. The van der Waals surface area contributed by atoms with Gasteiger partial charge in [0.25, 0.3) is 0 Å². The van der Waals surface area contributed by atoms with Gasteiger partial charge in [0.2, 0.25) is 0 Å². The summed E-state index contributed by atoms with van der Waals surface area (Å²) in [6, 6.07) is 2.13. The Kier molecular flexibility index (Phi) is 2.74. The van der Waals surface area contributed by atoms with Gasteiger partial charge in [-0.2, -0.15) is 0 Å². The highest BCUT2D eigenvalue weighted by atomic mass is 32.1. The van der Waals surface area contributed by atoms with E-state index in [0.29, 0.717) is 0 Å². The van der Waals surface area contributed by atoms with Crippen LogP contribution in [0.5, 0.6) is 0 Å². The Morgan fingerprint density at radius 2 is 2.13 bits per heavy atom. The second-order valence-electron chi connectivity index (χ2n) is 4.50. The van der Waals surface area contributed by atoms with Crippen molar-refractivity contribution < 1.29 is 0 Å². The molecule has 0 bridgehead atoms. The third kappa shape index (κ3) is 1.88. The first kappa shape index (κ1) is 10.6. The van der Waals surface area contributed by atoms with Crippen molar-refractivity contribution in [3.63, 3.8) is 0 Å². The zero-order chi connectivity index (χ0) is 10.9. The molecule has 0 aliphatic heterocycles. The minimum absolute atomic E-state index is 0.150. The molecule has 0 spiro atoms. The van der Waals surface area contributed by atoms with Gasteiger partial charge in [-0.3, -0.25) is 0 Å². The number of thiophene rings is 1. The molecule has 0 radical (unpaired) electrons. The summed E-state index contributed by atoms with van der Waals surface area (Å²) in [5.74, 6) is 0. The molecule has 2 nitrogen and oxygen atoms in total. The average Bonchev–Trinajstić information content (AvgIpc) is 2.64. The highest BCUT2D eigenvalue weighted by Gasteiger charge is 2.23. The van der Waals surface area contributed by atoms with Gasteiger partial charge in [0, 0.05) is 10.8 Å². The van der Waals surface area contributed by atoms with Crippen LogP contribution in [0.1, 0.15) is 39.3 Å². The van der Waals surface area contributed by atoms with Gasteiger partial charge in [0.15, 0.2) is 0 Å². The Bertz CT molecular complexity index is 459. The molecule has 0 unspecified atom stereocenters. The van der Waals surface area contributed by atoms with E-state index in [9.17, 15) is 0 Å². The van der Waals surface area contributed by atoms with Gasteiger partial charge in [-0.15, -0.1) is 11.3 Å². The highest BCUT2D eigenvalue weighted by Crippen LogP contribution is 2.32. The SMILES string of the molecule is CCCC(C)(C)c1ncnc2sccc12. The van der Waals surface area contributed by atoms with Crippen LogP contribution in [-0.2, 0) is 5.41 Å². The van der Waals surface area contributed by atoms with Gasteiger partial charge >= 0.3 is 0 Å². The number of hydrogen-bond acceptors (Lipinski definition) is 3. The van der Waals surface area contributed by atoms with E-state index < -0.39 is 0 Å². The summed E-state index contributed by atoms with van der Waals surface area (Å²) in [6.07, 6.45) is 4.03. The lowest BCUT2D eigenvalue weighted by atomic mass is 9.83. The van der Waals surface area contributed by atoms with Crippen molar-refractivity contribution in [2.75, 3.05) is 0 Å². The molecule has 2 rings (SSSR count). The van der Waals surface area contributed by atoms with Gasteiger partial charge < -0.3 is 0 Å². The summed E-state index contributed by atoms with van der Waals surface area (Å²) in [4.78, 5) is 9.85. The second-order valence-corrected chi connectivity index (χ2v) is 5.39. The lowest BCUT2D eigenvalue weighted by molar-refractivity contribution is 0.463. The topological polar surface area (TPSA) is 25.8 Å². The molecule has 2 aromatic rings. The van der Waals surface area contributed by atoms with Crippen molar-refractivity contribution in [1.29, 1.82) is 0 Å². The molecule has 0 aromatic carbocycles. The minimum Gasteiger partial charge on any atom is -0.240 e. The molecule has 0 aliphatic carbocycles. The predicted molar refractivity (Wildman–Crippen MR) is 65.3 cm³/mol. The molecule has 2 aromatic heterocycles. The van der Waals surface area contributed by atoms with Crippen molar-refractivity contribution >= 4 is 21.6 Å². The van der Waals surface area contributed by atoms with Crippen LogP contribution in [0.3, 0.4) is 0 Å². The van der Waals surface area contributed by atoms with Crippen LogP contribution in [0.4, 0.5) is 0 Å². The monoisotopic (exact) mass is 220 g/mol. The smallest absolute Gasteiger partial charge is 0.126 e. The normalized spacial score (nSPS) is 12.2. The van der Waals surface area contributed by atoms with Crippen LogP contribution >= 0.6 is 11.3 Å². The molecular formula is C12H16N2S. The fourth-order valence-corrected chi connectivity index (χ4v) is 2.81. The van der Waals surface area contributed by atoms with Crippen molar-refractivity contribution in [2.45, 2.75) is 39.0 Å². The van der Waals surface area contributed by atoms with Crippen LogP contribution in [0.15, 0.2) is 17.8 Å². The fourth-order valence-electron chi connectivity index (χ4n) is 2.07. The van der Waals surface area contributed by atoms with E-state index in [-0.39, 0.29) is 5.41 Å². The maximum atomic E-state index is 4.46. The van der Waals surface area contributed by atoms with Crippen LogP contribution in [-0.4, -0.2) is 9.97 Å². The Labute approximate surface area is 94.4 Å². The maximum Gasteiger partial charge on any atom is 0.126 e. The van der Waals surface area contributed by atoms with Crippen LogP contribution < -0.4 is 0 Å². The Morgan fingerprint density at radius 3 is 2.87 bits per heavy atom. The first-order valence-electron chi connectivity index (χ1n) is 5.34. The third-order valence-corrected chi connectivity index (χ3v) is 3.60. The number of rotatable bonds is 3. The molecule has 15 heavy (non-hydrogen) atoms. The Morgan fingerprint density at radius 1 is 1.33 bits per heavy atom. The summed E-state index contributed by atoms with van der Waals surface area (Å²) in [7, 11) is 0. The molecule has 0 fully saturated rings. The molecule has 0 aliphatic rings. The Balaban J connectivity index is 2.55. The molecule has 0 amide bonds. The number of hydrogen-bond donors (Lipinski definition) is 0. The van der Waals surface area contributed by atoms with E-state index in [0.717, 1.165) is 11.3 Å². The number of aromatic nitrogens is 2. The van der Waals surface area contributed by atoms with Gasteiger partial charge in [-0.05, 0) is 17.9 Å².